The number of nitrogens with one attached hydrogen (secondary N) is 3. The molecule has 0 saturated heterocycles. The quantitative estimate of drug-likeness (QED) is 0.322. The average molecular weight is 435 g/mol. The highest BCUT2D eigenvalue weighted by Crippen LogP contribution is 2.30. The summed E-state index contributed by atoms with van der Waals surface area (Å²) < 4.78 is 6.40. The number of carbonyl (C=O) groups excluding carboxylic acids is 1. The summed E-state index contributed by atoms with van der Waals surface area (Å²) in [5.74, 6) is 0.355. The zero-order valence-electron chi connectivity index (χ0n) is 16.0. The number of fused-ring (bicyclic) bond motifs is 1. The van der Waals surface area contributed by atoms with E-state index in [1.54, 1.807) is 30.6 Å². The van der Waals surface area contributed by atoms with Crippen LogP contribution < -0.4 is 20.9 Å². The maximum atomic E-state index is 12.4. The number of rotatable bonds is 4. The Morgan fingerprint density at radius 3 is 2.47 bits per heavy atom. The summed E-state index contributed by atoms with van der Waals surface area (Å²) in [7, 11) is 1.58. The van der Waals surface area contributed by atoms with Crippen LogP contribution in [0.5, 0.6) is 5.75 Å². The first kappa shape index (κ1) is 19.8. The van der Waals surface area contributed by atoms with Crippen molar-refractivity contribution in [3.8, 4) is 16.3 Å². The number of anilines is 1. The van der Waals surface area contributed by atoms with Gasteiger partial charge in [-0.1, -0.05) is 36.4 Å². The SMILES string of the molecule is COc1ccccc1NC(=S)NNC(=O)c1ccc(-c2nc3ccccc3s2)cc1. The van der Waals surface area contributed by atoms with Gasteiger partial charge in [0.15, 0.2) is 5.11 Å². The fourth-order valence-electron chi connectivity index (χ4n) is 2.85. The summed E-state index contributed by atoms with van der Waals surface area (Å²) in [5.41, 5.74) is 8.44. The van der Waals surface area contributed by atoms with Crippen molar-refractivity contribution in [2.75, 3.05) is 12.4 Å². The summed E-state index contributed by atoms with van der Waals surface area (Å²) in [4.78, 5) is 17.1. The van der Waals surface area contributed by atoms with Gasteiger partial charge >= 0.3 is 0 Å². The van der Waals surface area contributed by atoms with E-state index in [1.165, 1.54) is 0 Å². The molecule has 4 aromatic rings. The molecular weight excluding hydrogens is 416 g/mol. The van der Waals surface area contributed by atoms with Crippen LogP contribution in [-0.4, -0.2) is 23.1 Å². The summed E-state index contributed by atoms with van der Waals surface area (Å²) in [5, 5.41) is 4.15. The molecule has 0 aliphatic rings. The minimum absolute atomic E-state index is 0.249. The molecule has 1 amide bonds. The number of ether oxygens (including phenoxy) is 1. The molecule has 0 aliphatic heterocycles. The number of aromatic nitrogens is 1. The van der Waals surface area contributed by atoms with Crippen LogP contribution in [0.2, 0.25) is 0 Å². The third-order valence-corrected chi connectivity index (χ3v) is 5.62. The third kappa shape index (κ3) is 4.40. The Morgan fingerprint density at radius 2 is 1.70 bits per heavy atom. The highest BCUT2D eigenvalue weighted by Gasteiger charge is 2.10. The number of hydrogen-bond acceptors (Lipinski definition) is 5. The first-order valence-corrected chi connectivity index (χ1v) is 10.3. The van der Waals surface area contributed by atoms with E-state index in [4.69, 9.17) is 17.0 Å². The number of methoxy groups -OCH3 is 1. The van der Waals surface area contributed by atoms with Crippen molar-refractivity contribution in [2.45, 2.75) is 0 Å². The zero-order valence-corrected chi connectivity index (χ0v) is 17.6. The topological polar surface area (TPSA) is 75.3 Å². The lowest BCUT2D eigenvalue weighted by atomic mass is 10.1. The molecule has 3 N–H and O–H groups in total. The molecular formula is C22H18N4O2S2. The van der Waals surface area contributed by atoms with Gasteiger partial charge < -0.3 is 10.1 Å². The lowest BCUT2D eigenvalue weighted by molar-refractivity contribution is 0.0944. The predicted octanol–water partition coefficient (Wildman–Crippen LogP) is 4.60. The number of amides is 1. The van der Waals surface area contributed by atoms with E-state index in [0.29, 0.717) is 17.0 Å². The normalized spacial score (nSPS) is 10.4. The standard InChI is InChI=1S/C22H18N4O2S2/c1-28-18-8-4-2-6-16(18)24-22(29)26-25-20(27)14-10-12-15(13-11-14)21-23-17-7-3-5-9-19(17)30-21/h2-13H,1H3,(H,25,27)(H2,24,26,29). The second-order valence-corrected chi connectivity index (χ2v) is 7.74. The van der Waals surface area contributed by atoms with Gasteiger partial charge in [-0.05, 0) is 48.6 Å². The molecule has 3 aromatic carbocycles. The molecule has 8 heteroatoms. The van der Waals surface area contributed by atoms with Gasteiger partial charge in [0.2, 0.25) is 0 Å². The van der Waals surface area contributed by atoms with Crippen LogP contribution in [0.25, 0.3) is 20.8 Å². The van der Waals surface area contributed by atoms with Crippen molar-refractivity contribution >= 4 is 50.5 Å². The summed E-state index contributed by atoms with van der Waals surface area (Å²) in [6.07, 6.45) is 0. The largest absolute Gasteiger partial charge is 0.495 e. The van der Waals surface area contributed by atoms with Gasteiger partial charge in [-0.3, -0.25) is 15.6 Å². The number of nitrogens with zero attached hydrogens (tertiary/aromatic N) is 1. The lowest BCUT2D eigenvalue weighted by Crippen LogP contribution is -2.43. The maximum Gasteiger partial charge on any atom is 0.269 e. The van der Waals surface area contributed by atoms with Gasteiger partial charge in [-0.25, -0.2) is 4.98 Å². The Balaban J connectivity index is 1.37. The van der Waals surface area contributed by atoms with E-state index in [2.05, 4.69) is 21.2 Å². The Morgan fingerprint density at radius 1 is 0.967 bits per heavy atom. The van der Waals surface area contributed by atoms with E-state index in [9.17, 15) is 4.79 Å². The molecule has 0 saturated carbocycles. The molecule has 4 rings (SSSR count). The highest BCUT2D eigenvalue weighted by atomic mass is 32.1. The number of thiazole rings is 1. The molecule has 0 atom stereocenters. The minimum Gasteiger partial charge on any atom is -0.495 e. The van der Waals surface area contributed by atoms with Crippen molar-refractivity contribution in [3.63, 3.8) is 0 Å². The summed E-state index contributed by atoms with van der Waals surface area (Å²) in [6.45, 7) is 0. The maximum absolute atomic E-state index is 12.4. The fraction of sp³-hybridized carbons (Fsp3) is 0.0455. The van der Waals surface area contributed by atoms with E-state index < -0.39 is 0 Å². The Kier molecular flexibility index (Phi) is 5.87. The Bertz CT molecular complexity index is 1170. The van der Waals surface area contributed by atoms with Gasteiger partial charge in [0.1, 0.15) is 10.8 Å². The van der Waals surface area contributed by atoms with Crippen LogP contribution in [0.3, 0.4) is 0 Å². The van der Waals surface area contributed by atoms with Crippen molar-refractivity contribution in [1.82, 2.24) is 15.8 Å². The van der Waals surface area contributed by atoms with Crippen molar-refractivity contribution < 1.29 is 9.53 Å². The van der Waals surface area contributed by atoms with Crippen LogP contribution in [0, 0.1) is 0 Å². The zero-order chi connectivity index (χ0) is 20.9. The molecule has 1 aromatic heterocycles. The number of benzene rings is 3. The first-order valence-electron chi connectivity index (χ1n) is 9.10. The number of thiocarbonyl (C=S) groups is 1. The second-order valence-electron chi connectivity index (χ2n) is 6.30. The monoisotopic (exact) mass is 434 g/mol. The first-order chi connectivity index (χ1) is 14.6. The van der Waals surface area contributed by atoms with Gasteiger partial charge in [0, 0.05) is 11.1 Å². The fourth-order valence-corrected chi connectivity index (χ4v) is 3.98. The smallest absolute Gasteiger partial charge is 0.269 e. The van der Waals surface area contributed by atoms with Crippen LogP contribution >= 0.6 is 23.6 Å². The van der Waals surface area contributed by atoms with E-state index in [0.717, 1.165) is 20.8 Å². The van der Waals surface area contributed by atoms with Crippen LogP contribution in [0.15, 0.2) is 72.8 Å². The lowest BCUT2D eigenvalue weighted by Gasteiger charge is -2.13. The Hall–Kier alpha value is -3.49. The molecule has 0 aliphatic carbocycles. The molecule has 0 unspecified atom stereocenters. The van der Waals surface area contributed by atoms with Crippen LogP contribution in [0.1, 0.15) is 10.4 Å². The molecule has 0 spiro atoms. The minimum atomic E-state index is -0.296. The average Bonchev–Trinajstić information content (AvgIpc) is 3.22. The molecule has 150 valence electrons. The molecule has 0 radical (unpaired) electrons. The number of carbonyl (C=O) groups is 1. The van der Waals surface area contributed by atoms with E-state index >= 15 is 0 Å². The van der Waals surface area contributed by atoms with Gasteiger partial charge in [0.25, 0.3) is 5.91 Å². The van der Waals surface area contributed by atoms with Crippen molar-refractivity contribution in [1.29, 1.82) is 0 Å². The van der Waals surface area contributed by atoms with Crippen molar-refractivity contribution in [3.05, 3.63) is 78.4 Å². The molecule has 6 nitrogen and oxygen atoms in total. The van der Waals surface area contributed by atoms with Gasteiger partial charge in [-0.2, -0.15) is 0 Å². The highest BCUT2D eigenvalue weighted by molar-refractivity contribution is 7.80. The number of hydrazine groups is 1. The number of hydrogen-bond donors (Lipinski definition) is 3. The van der Waals surface area contributed by atoms with Crippen molar-refractivity contribution in [2.24, 2.45) is 0 Å². The van der Waals surface area contributed by atoms with Crippen LogP contribution in [-0.2, 0) is 0 Å². The number of para-hydroxylation sites is 3. The van der Waals surface area contributed by atoms with Gasteiger partial charge in [0.05, 0.1) is 23.0 Å². The summed E-state index contributed by atoms with van der Waals surface area (Å²) >= 11 is 6.85. The molecule has 0 fully saturated rings. The van der Waals surface area contributed by atoms with Crippen LogP contribution in [0.4, 0.5) is 5.69 Å². The molecule has 30 heavy (non-hydrogen) atoms. The predicted molar refractivity (Wildman–Crippen MR) is 125 cm³/mol. The van der Waals surface area contributed by atoms with E-state index in [-0.39, 0.29) is 11.0 Å². The summed E-state index contributed by atoms with van der Waals surface area (Å²) in [6, 6.07) is 22.7. The second kappa shape index (κ2) is 8.89. The van der Waals surface area contributed by atoms with Gasteiger partial charge in [-0.15, -0.1) is 11.3 Å². The molecule has 1 heterocycles. The Labute approximate surface area is 182 Å². The molecule has 0 bridgehead atoms. The third-order valence-electron chi connectivity index (χ3n) is 4.33. The van der Waals surface area contributed by atoms with E-state index in [1.807, 2.05) is 60.7 Å².